The Morgan fingerprint density at radius 1 is 1.64 bits per heavy atom. The number of carbonyl (C=O) groups is 1. The minimum absolute atomic E-state index is 0.151. The van der Waals surface area contributed by atoms with E-state index in [0.29, 0.717) is 16.8 Å². The molecule has 0 saturated heterocycles. The third kappa shape index (κ3) is 2.47. The van der Waals surface area contributed by atoms with E-state index in [0.717, 1.165) is 5.82 Å². The molecule has 0 unspecified atom stereocenters. The highest BCUT2D eigenvalue weighted by Crippen LogP contribution is 2.38. The van der Waals surface area contributed by atoms with Gasteiger partial charge in [0.2, 0.25) is 5.16 Å². The number of aromatic amines is 1. The van der Waals surface area contributed by atoms with Gasteiger partial charge in [0.25, 0.3) is 0 Å². The Balaban J connectivity index is 1.80. The summed E-state index contributed by atoms with van der Waals surface area (Å²) in [4.78, 5) is 14.5. The molecule has 5 nitrogen and oxygen atoms in total. The van der Waals surface area contributed by atoms with Crippen LogP contribution in [0.25, 0.3) is 0 Å². The SMILES string of the molecule is O=C(O)CCSc1n[nH]c(C2CC2)n1. The molecular formula is C8H11N3O2S. The van der Waals surface area contributed by atoms with Crippen LogP contribution in [0.5, 0.6) is 0 Å². The van der Waals surface area contributed by atoms with E-state index in [1.54, 1.807) is 0 Å². The first-order valence-electron chi connectivity index (χ1n) is 4.52. The molecule has 6 heteroatoms. The van der Waals surface area contributed by atoms with E-state index in [-0.39, 0.29) is 6.42 Å². The average Bonchev–Trinajstić information content (AvgIpc) is 2.87. The van der Waals surface area contributed by atoms with Crippen LogP contribution in [0.1, 0.15) is 31.0 Å². The van der Waals surface area contributed by atoms with E-state index < -0.39 is 5.97 Å². The van der Waals surface area contributed by atoms with Gasteiger partial charge in [-0.25, -0.2) is 4.98 Å². The molecule has 1 aliphatic rings. The fraction of sp³-hybridized carbons (Fsp3) is 0.625. The summed E-state index contributed by atoms with van der Waals surface area (Å²) in [5, 5.41) is 16.0. The Morgan fingerprint density at radius 3 is 3.07 bits per heavy atom. The molecule has 0 aliphatic heterocycles. The predicted molar refractivity (Wildman–Crippen MR) is 51.3 cm³/mol. The van der Waals surface area contributed by atoms with Gasteiger partial charge in [-0.05, 0) is 12.8 Å². The molecule has 76 valence electrons. The van der Waals surface area contributed by atoms with E-state index in [9.17, 15) is 4.79 Å². The third-order valence-corrected chi connectivity index (χ3v) is 2.84. The number of aliphatic carboxylic acids is 1. The average molecular weight is 213 g/mol. The van der Waals surface area contributed by atoms with Crippen LogP contribution in [0.3, 0.4) is 0 Å². The van der Waals surface area contributed by atoms with Crippen LogP contribution in [0.2, 0.25) is 0 Å². The van der Waals surface area contributed by atoms with Crippen molar-refractivity contribution in [2.45, 2.75) is 30.3 Å². The summed E-state index contributed by atoms with van der Waals surface area (Å²) in [7, 11) is 0. The maximum atomic E-state index is 10.3. The van der Waals surface area contributed by atoms with E-state index in [1.165, 1.54) is 24.6 Å². The van der Waals surface area contributed by atoms with Gasteiger partial charge in [0.1, 0.15) is 5.82 Å². The first kappa shape index (κ1) is 9.51. The van der Waals surface area contributed by atoms with Gasteiger partial charge in [0.15, 0.2) is 0 Å². The van der Waals surface area contributed by atoms with Gasteiger partial charge in [-0.3, -0.25) is 9.89 Å². The highest BCUT2D eigenvalue weighted by molar-refractivity contribution is 7.99. The van der Waals surface area contributed by atoms with Crippen molar-refractivity contribution < 1.29 is 9.90 Å². The molecule has 1 saturated carbocycles. The van der Waals surface area contributed by atoms with Gasteiger partial charge in [-0.15, -0.1) is 5.10 Å². The summed E-state index contributed by atoms with van der Waals surface area (Å²) in [6.45, 7) is 0. The van der Waals surface area contributed by atoms with Gasteiger partial charge in [-0.2, -0.15) is 0 Å². The lowest BCUT2D eigenvalue weighted by Crippen LogP contribution is -1.95. The van der Waals surface area contributed by atoms with Crippen molar-refractivity contribution in [3.05, 3.63) is 5.82 Å². The summed E-state index contributed by atoms with van der Waals surface area (Å²) in [6.07, 6.45) is 2.53. The lowest BCUT2D eigenvalue weighted by molar-refractivity contribution is -0.136. The number of thioether (sulfide) groups is 1. The van der Waals surface area contributed by atoms with Crippen LogP contribution in [-0.4, -0.2) is 32.0 Å². The van der Waals surface area contributed by atoms with Crippen molar-refractivity contribution in [2.75, 3.05) is 5.75 Å². The van der Waals surface area contributed by atoms with Gasteiger partial charge in [0.05, 0.1) is 6.42 Å². The first-order valence-corrected chi connectivity index (χ1v) is 5.51. The Kier molecular flexibility index (Phi) is 2.72. The molecule has 14 heavy (non-hydrogen) atoms. The molecule has 1 heterocycles. The summed E-state index contributed by atoms with van der Waals surface area (Å²) < 4.78 is 0. The fourth-order valence-corrected chi connectivity index (χ4v) is 1.82. The van der Waals surface area contributed by atoms with Gasteiger partial charge < -0.3 is 5.11 Å². The molecule has 0 bridgehead atoms. The van der Waals surface area contributed by atoms with Gasteiger partial charge in [-0.1, -0.05) is 11.8 Å². The summed E-state index contributed by atoms with van der Waals surface area (Å²) in [6, 6.07) is 0. The summed E-state index contributed by atoms with van der Waals surface area (Å²) in [5.41, 5.74) is 0. The van der Waals surface area contributed by atoms with E-state index >= 15 is 0 Å². The Hall–Kier alpha value is -1.04. The monoisotopic (exact) mass is 213 g/mol. The summed E-state index contributed by atoms with van der Waals surface area (Å²) >= 11 is 1.38. The quantitative estimate of drug-likeness (QED) is 0.719. The number of rotatable bonds is 5. The number of H-pyrrole nitrogens is 1. The van der Waals surface area contributed by atoms with Crippen LogP contribution in [0, 0.1) is 0 Å². The molecule has 1 fully saturated rings. The van der Waals surface area contributed by atoms with Crippen LogP contribution in [-0.2, 0) is 4.79 Å². The molecule has 0 spiro atoms. The third-order valence-electron chi connectivity index (χ3n) is 1.99. The molecule has 0 aromatic carbocycles. The maximum absolute atomic E-state index is 10.3. The highest BCUT2D eigenvalue weighted by Gasteiger charge is 2.27. The van der Waals surface area contributed by atoms with Crippen molar-refractivity contribution in [3.63, 3.8) is 0 Å². The Morgan fingerprint density at radius 2 is 2.43 bits per heavy atom. The molecule has 0 amide bonds. The van der Waals surface area contributed by atoms with E-state index in [4.69, 9.17) is 5.11 Å². The zero-order chi connectivity index (χ0) is 9.97. The Labute approximate surface area is 85.3 Å². The smallest absolute Gasteiger partial charge is 0.304 e. The molecule has 0 radical (unpaired) electrons. The molecule has 1 aliphatic carbocycles. The molecule has 1 aromatic rings. The number of nitrogens with one attached hydrogen (secondary N) is 1. The number of hydrogen-bond donors (Lipinski definition) is 2. The van der Waals surface area contributed by atoms with Crippen LogP contribution < -0.4 is 0 Å². The lowest BCUT2D eigenvalue weighted by atomic mass is 10.4. The maximum Gasteiger partial charge on any atom is 0.304 e. The standard InChI is InChI=1S/C8H11N3O2S/c12-6(13)3-4-14-8-9-7(10-11-8)5-1-2-5/h5H,1-4H2,(H,12,13)(H,9,10,11). The number of nitrogens with zero attached hydrogens (tertiary/aromatic N) is 2. The highest BCUT2D eigenvalue weighted by atomic mass is 32.2. The largest absolute Gasteiger partial charge is 0.481 e. The minimum atomic E-state index is -0.782. The fourth-order valence-electron chi connectivity index (χ4n) is 1.09. The second kappa shape index (κ2) is 4.00. The minimum Gasteiger partial charge on any atom is -0.481 e. The summed E-state index contributed by atoms with van der Waals surface area (Å²) in [5.74, 6) is 1.26. The zero-order valence-corrected chi connectivity index (χ0v) is 8.38. The number of carboxylic acid groups (broad SMARTS) is 1. The molecule has 0 atom stereocenters. The van der Waals surface area contributed by atoms with E-state index in [2.05, 4.69) is 15.2 Å². The molecular weight excluding hydrogens is 202 g/mol. The number of hydrogen-bond acceptors (Lipinski definition) is 4. The second-order valence-electron chi connectivity index (χ2n) is 3.27. The Bertz CT molecular complexity index is 335. The first-order chi connectivity index (χ1) is 6.75. The normalized spacial score (nSPS) is 15.7. The van der Waals surface area contributed by atoms with Crippen molar-refractivity contribution in [1.29, 1.82) is 0 Å². The number of aromatic nitrogens is 3. The second-order valence-corrected chi connectivity index (χ2v) is 4.33. The van der Waals surface area contributed by atoms with Gasteiger partial charge >= 0.3 is 5.97 Å². The van der Waals surface area contributed by atoms with Gasteiger partial charge in [0, 0.05) is 11.7 Å². The van der Waals surface area contributed by atoms with Crippen molar-refractivity contribution in [1.82, 2.24) is 15.2 Å². The zero-order valence-electron chi connectivity index (χ0n) is 7.56. The molecule has 2 rings (SSSR count). The van der Waals surface area contributed by atoms with Crippen molar-refractivity contribution in [3.8, 4) is 0 Å². The lowest BCUT2D eigenvalue weighted by Gasteiger charge is -1.91. The predicted octanol–water partition coefficient (Wildman–Crippen LogP) is 1.25. The van der Waals surface area contributed by atoms with Crippen LogP contribution in [0.4, 0.5) is 0 Å². The molecule has 2 N–H and O–H groups in total. The molecule has 1 aromatic heterocycles. The van der Waals surface area contributed by atoms with Crippen molar-refractivity contribution in [2.24, 2.45) is 0 Å². The van der Waals surface area contributed by atoms with Crippen LogP contribution in [0.15, 0.2) is 5.16 Å². The van der Waals surface area contributed by atoms with Crippen molar-refractivity contribution >= 4 is 17.7 Å². The van der Waals surface area contributed by atoms with E-state index in [1.807, 2.05) is 0 Å². The number of carboxylic acids is 1. The topological polar surface area (TPSA) is 78.9 Å². The van der Waals surface area contributed by atoms with Crippen LogP contribution >= 0.6 is 11.8 Å².